The van der Waals surface area contributed by atoms with E-state index in [1.54, 1.807) is 0 Å². The molecule has 0 aromatic carbocycles. The molecule has 0 aromatic rings. The van der Waals surface area contributed by atoms with Crippen LogP contribution in [0.25, 0.3) is 0 Å². The highest BCUT2D eigenvalue weighted by molar-refractivity contribution is 4.50. The smallest absolute Gasteiger partial charge is 0.0981 e. The molecule has 56 valence electrons. The van der Waals surface area contributed by atoms with Crippen molar-refractivity contribution in [3.63, 3.8) is 0 Å². The fourth-order valence-corrected chi connectivity index (χ4v) is 0.569. The predicted octanol–water partition coefficient (Wildman–Crippen LogP) is 0.301. The molecule has 0 aromatic heterocycles. The zero-order chi connectivity index (χ0) is 7.49. The van der Waals surface area contributed by atoms with Crippen LogP contribution in [0.4, 0.5) is 0 Å². The molecule has 0 spiro atoms. The number of rotatable bonds is 3. The number of nitrogens with one attached hydrogen (secondary N) is 1. The Kier molecular flexibility index (Phi) is 3.15. The summed E-state index contributed by atoms with van der Waals surface area (Å²) in [6.07, 6.45) is 0. The quantitative estimate of drug-likeness (QED) is 0.543. The van der Waals surface area contributed by atoms with Gasteiger partial charge in [-0.05, 0) is 14.0 Å². The molecule has 1 atom stereocenters. The Morgan fingerprint density at radius 1 is 1.33 bits per heavy atom. The highest BCUT2D eigenvalue weighted by atomic mass is 15.3. The third-order valence-electron chi connectivity index (χ3n) is 1.82. The lowest BCUT2D eigenvalue weighted by molar-refractivity contribution is -0.892. The standard InChI is InChI=1S/C7H19N2/c1-7(6-8-2)9(3,4)5/h7-8H,6H2,1-5H3/q+1. The molecule has 0 fully saturated rings. The van der Waals surface area contributed by atoms with Crippen LogP contribution in [0.5, 0.6) is 0 Å². The Bertz CT molecular complexity index is 73.5. The van der Waals surface area contributed by atoms with Gasteiger partial charge in [0, 0.05) is 6.54 Å². The summed E-state index contributed by atoms with van der Waals surface area (Å²) in [7, 11) is 8.62. The first kappa shape index (κ1) is 8.92. The van der Waals surface area contributed by atoms with Crippen molar-refractivity contribution < 1.29 is 4.48 Å². The van der Waals surface area contributed by atoms with Crippen molar-refractivity contribution in [1.82, 2.24) is 5.32 Å². The summed E-state index contributed by atoms with van der Waals surface area (Å²) in [6.45, 7) is 3.33. The molecule has 1 unspecified atom stereocenters. The number of hydrogen-bond donors (Lipinski definition) is 1. The maximum absolute atomic E-state index is 3.16. The monoisotopic (exact) mass is 131 g/mol. The first-order valence-corrected chi connectivity index (χ1v) is 3.44. The summed E-state index contributed by atoms with van der Waals surface area (Å²) in [5, 5.41) is 3.16. The third-order valence-corrected chi connectivity index (χ3v) is 1.82. The fraction of sp³-hybridized carbons (Fsp3) is 1.00. The van der Waals surface area contributed by atoms with Crippen molar-refractivity contribution >= 4 is 0 Å². The number of hydrogen-bond acceptors (Lipinski definition) is 1. The summed E-state index contributed by atoms with van der Waals surface area (Å²) in [6, 6.07) is 0.690. The predicted molar refractivity (Wildman–Crippen MR) is 41.4 cm³/mol. The molecule has 0 rings (SSSR count). The fourth-order valence-electron chi connectivity index (χ4n) is 0.569. The molecule has 0 saturated carbocycles. The molecule has 1 N–H and O–H groups in total. The Morgan fingerprint density at radius 2 is 1.78 bits per heavy atom. The molecule has 2 heteroatoms. The summed E-state index contributed by atoms with van der Waals surface area (Å²) in [5.74, 6) is 0. The van der Waals surface area contributed by atoms with E-state index < -0.39 is 0 Å². The molecule has 2 nitrogen and oxygen atoms in total. The van der Waals surface area contributed by atoms with Crippen LogP contribution in [0, 0.1) is 0 Å². The average molecular weight is 131 g/mol. The van der Waals surface area contributed by atoms with Gasteiger partial charge in [-0.3, -0.25) is 0 Å². The summed E-state index contributed by atoms with van der Waals surface area (Å²) in [5.41, 5.74) is 0. The molecule has 9 heavy (non-hydrogen) atoms. The van der Waals surface area contributed by atoms with Crippen LogP contribution in [0.3, 0.4) is 0 Å². The Morgan fingerprint density at radius 3 is 1.89 bits per heavy atom. The van der Waals surface area contributed by atoms with Gasteiger partial charge in [-0.1, -0.05) is 0 Å². The molecule has 0 amide bonds. The average Bonchev–Trinajstić information content (AvgIpc) is 1.64. The molecule has 0 bridgehead atoms. The zero-order valence-corrected chi connectivity index (χ0v) is 7.23. The SMILES string of the molecule is CNCC(C)[N+](C)(C)C. The van der Waals surface area contributed by atoms with Crippen molar-refractivity contribution in [1.29, 1.82) is 0 Å². The molecule has 0 aliphatic heterocycles. The highest BCUT2D eigenvalue weighted by Gasteiger charge is 2.15. The van der Waals surface area contributed by atoms with Crippen LogP contribution in [-0.2, 0) is 0 Å². The largest absolute Gasteiger partial charge is 0.328 e. The van der Waals surface area contributed by atoms with Gasteiger partial charge in [-0.25, -0.2) is 0 Å². The summed E-state index contributed by atoms with van der Waals surface area (Å²) in [4.78, 5) is 0. The van der Waals surface area contributed by atoms with E-state index in [-0.39, 0.29) is 0 Å². The molecule has 0 aliphatic carbocycles. The zero-order valence-electron chi connectivity index (χ0n) is 7.23. The second-order valence-corrected chi connectivity index (χ2v) is 3.52. The van der Waals surface area contributed by atoms with Gasteiger partial charge >= 0.3 is 0 Å². The van der Waals surface area contributed by atoms with E-state index >= 15 is 0 Å². The first-order chi connectivity index (χ1) is 3.98. The van der Waals surface area contributed by atoms with Crippen molar-refractivity contribution in [2.45, 2.75) is 13.0 Å². The van der Waals surface area contributed by atoms with Crippen LogP contribution in [0.2, 0.25) is 0 Å². The normalized spacial score (nSPS) is 15.7. The molecule has 0 heterocycles. The van der Waals surface area contributed by atoms with E-state index in [1.807, 2.05) is 7.05 Å². The topological polar surface area (TPSA) is 12.0 Å². The molecular formula is C7H19N2+. The minimum Gasteiger partial charge on any atom is -0.328 e. The van der Waals surface area contributed by atoms with Crippen LogP contribution in [-0.4, -0.2) is 45.3 Å². The molecule has 0 saturated heterocycles. The van der Waals surface area contributed by atoms with Gasteiger partial charge in [0.05, 0.1) is 27.2 Å². The first-order valence-electron chi connectivity index (χ1n) is 3.44. The summed E-state index contributed by atoms with van der Waals surface area (Å²) < 4.78 is 1.03. The van der Waals surface area contributed by atoms with Gasteiger partial charge in [0.2, 0.25) is 0 Å². The second-order valence-electron chi connectivity index (χ2n) is 3.52. The maximum atomic E-state index is 3.16. The Balaban J connectivity index is 3.59. The highest BCUT2D eigenvalue weighted by Crippen LogP contribution is 1.98. The van der Waals surface area contributed by atoms with Gasteiger partial charge in [0.15, 0.2) is 0 Å². The van der Waals surface area contributed by atoms with Crippen molar-refractivity contribution in [2.75, 3.05) is 34.7 Å². The second kappa shape index (κ2) is 3.18. The lowest BCUT2D eigenvalue weighted by Crippen LogP contribution is -2.47. The molecule has 0 aliphatic rings. The number of quaternary nitrogens is 1. The van der Waals surface area contributed by atoms with Crippen LogP contribution in [0.15, 0.2) is 0 Å². The van der Waals surface area contributed by atoms with E-state index in [9.17, 15) is 0 Å². The van der Waals surface area contributed by atoms with E-state index in [4.69, 9.17) is 0 Å². The van der Waals surface area contributed by atoms with Crippen molar-refractivity contribution in [2.24, 2.45) is 0 Å². The summed E-state index contributed by atoms with van der Waals surface area (Å²) >= 11 is 0. The van der Waals surface area contributed by atoms with Gasteiger partial charge < -0.3 is 9.80 Å². The molecule has 0 radical (unpaired) electrons. The number of nitrogens with zero attached hydrogens (tertiary/aromatic N) is 1. The Labute approximate surface area is 58.4 Å². The van der Waals surface area contributed by atoms with Crippen LogP contribution < -0.4 is 5.32 Å². The van der Waals surface area contributed by atoms with Crippen molar-refractivity contribution in [3.8, 4) is 0 Å². The van der Waals surface area contributed by atoms with E-state index in [0.717, 1.165) is 11.0 Å². The number of likely N-dealkylation sites (N-methyl/N-ethyl adjacent to an activating group) is 2. The van der Waals surface area contributed by atoms with Gasteiger partial charge in [0.1, 0.15) is 0 Å². The Hall–Kier alpha value is -0.0800. The van der Waals surface area contributed by atoms with Crippen molar-refractivity contribution in [3.05, 3.63) is 0 Å². The van der Waals surface area contributed by atoms with Gasteiger partial charge in [-0.15, -0.1) is 0 Å². The lowest BCUT2D eigenvalue weighted by Gasteiger charge is -2.31. The maximum Gasteiger partial charge on any atom is 0.0981 e. The van der Waals surface area contributed by atoms with Crippen LogP contribution >= 0.6 is 0 Å². The minimum absolute atomic E-state index is 0.690. The van der Waals surface area contributed by atoms with E-state index in [2.05, 4.69) is 33.4 Å². The van der Waals surface area contributed by atoms with E-state index in [1.165, 1.54) is 0 Å². The van der Waals surface area contributed by atoms with Gasteiger partial charge in [-0.2, -0.15) is 0 Å². The molecular weight excluding hydrogens is 112 g/mol. The van der Waals surface area contributed by atoms with Gasteiger partial charge in [0.25, 0.3) is 0 Å². The van der Waals surface area contributed by atoms with E-state index in [0.29, 0.717) is 6.04 Å². The minimum atomic E-state index is 0.690. The third kappa shape index (κ3) is 3.49. The lowest BCUT2D eigenvalue weighted by atomic mass is 10.3. The van der Waals surface area contributed by atoms with Crippen LogP contribution in [0.1, 0.15) is 6.92 Å².